The highest BCUT2D eigenvalue weighted by molar-refractivity contribution is 9.10. The van der Waals surface area contributed by atoms with Crippen molar-refractivity contribution in [3.63, 3.8) is 0 Å². The molecular formula is C23H24BrFN2O6S. The Morgan fingerprint density at radius 1 is 1.18 bits per heavy atom. The number of benzene rings is 2. The summed E-state index contributed by atoms with van der Waals surface area (Å²) in [6, 6.07) is 11.2. The van der Waals surface area contributed by atoms with Gasteiger partial charge in [-0.15, -0.1) is 0 Å². The largest absolute Gasteiger partial charge is 0.492 e. The summed E-state index contributed by atoms with van der Waals surface area (Å²) in [6.07, 6.45) is -0.223. The van der Waals surface area contributed by atoms with Crippen LogP contribution in [0.4, 0.5) is 4.39 Å². The second kappa shape index (κ2) is 10.8. The molecule has 0 fully saturated rings. The molecule has 3 aromatic rings. The van der Waals surface area contributed by atoms with E-state index in [2.05, 4.69) is 20.9 Å². The number of sulfone groups is 1. The van der Waals surface area contributed by atoms with E-state index in [1.165, 1.54) is 13.2 Å². The van der Waals surface area contributed by atoms with E-state index in [0.29, 0.717) is 5.56 Å². The Hall–Kier alpha value is -2.60. The van der Waals surface area contributed by atoms with E-state index in [-0.39, 0.29) is 29.6 Å². The Bertz CT molecular complexity index is 1330. The lowest BCUT2D eigenvalue weighted by Crippen LogP contribution is -2.35. The van der Waals surface area contributed by atoms with Gasteiger partial charge in [-0.1, -0.05) is 30.3 Å². The van der Waals surface area contributed by atoms with Crippen LogP contribution in [0.1, 0.15) is 31.3 Å². The van der Waals surface area contributed by atoms with E-state index in [1.54, 1.807) is 44.2 Å². The maximum absolute atomic E-state index is 14.1. The molecule has 0 amide bonds. The fourth-order valence-corrected chi connectivity index (χ4v) is 4.97. The van der Waals surface area contributed by atoms with Crippen molar-refractivity contribution < 1.29 is 27.4 Å². The van der Waals surface area contributed by atoms with E-state index < -0.39 is 42.9 Å². The van der Waals surface area contributed by atoms with Crippen LogP contribution in [-0.4, -0.2) is 42.9 Å². The SMILES string of the molecule is COC[C@@H](c1ccccc1)n1c(COC(C)C)nc(O)c(S(=O)(=O)c2ccc(Br)c(F)c2)c1=O. The van der Waals surface area contributed by atoms with Crippen molar-refractivity contribution in [1.29, 1.82) is 0 Å². The zero-order valence-corrected chi connectivity index (χ0v) is 21.1. The van der Waals surface area contributed by atoms with Gasteiger partial charge in [-0.3, -0.25) is 9.36 Å². The van der Waals surface area contributed by atoms with Crippen LogP contribution in [0.25, 0.3) is 0 Å². The minimum absolute atomic E-state index is 0.0114. The second-order valence-corrected chi connectivity index (χ2v) is 10.4. The number of nitrogens with zero attached hydrogens (tertiary/aromatic N) is 2. The van der Waals surface area contributed by atoms with Crippen LogP contribution in [0.3, 0.4) is 0 Å². The molecule has 1 aromatic heterocycles. The molecule has 11 heteroatoms. The first-order valence-electron chi connectivity index (χ1n) is 10.3. The maximum atomic E-state index is 14.1. The summed E-state index contributed by atoms with van der Waals surface area (Å²) in [6.45, 7) is 3.41. The molecule has 8 nitrogen and oxygen atoms in total. The van der Waals surface area contributed by atoms with Crippen LogP contribution in [0, 0.1) is 5.82 Å². The third-order valence-electron chi connectivity index (χ3n) is 4.97. The number of hydrogen-bond donors (Lipinski definition) is 1. The first-order valence-corrected chi connectivity index (χ1v) is 12.6. The minimum Gasteiger partial charge on any atom is -0.492 e. The lowest BCUT2D eigenvalue weighted by Gasteiger charge is -2.24. The summed E-state index contributed by atoms with van der Waals surface area (Å²) in [5.74, 6) is -1.81. The highest BCUT2D eigenvalue weighted by Gasteiger charge is 2.32. The Balaban J connectivity index is 2.31. The van der Waals surface area contributed by atoms with Crippen LogP contribution >= 0.6 is 15.9 Å². The van der Waals surface area contributed by atoms with Gasteiger partial charge in [-0.05, 0) is 53.5 Å². The molecule has 182 valence electrons. The summed E-state index contributed by atoms with van der Waals surface area (Å²) < 4.78 is 52.9. The van der Waals surface area contributed by atoms with Gasteiger partial charge < -0.3 is 14.6 Å². The van der Waals surface area contributed by atoms with Crippen LogP contribution in [-0.2, 0) is 25.9 Å². The van der Waals surface area contributed by atoms with Crippen LogP contribution in [0.15, 0.2) is 67.6 Å². The maximum Gasteiger partial charge on any atom is 0.277 e. The zero-order chi connectivity index (χ0) is 25.0. The smallest absolute Gasteiger partial charge is 0.277 e. The molecule has 0 saturated heterocycles. The molecule has 0 aliphatic rings. The van der Waals surface area contributed by atoms with E-state index in [0.717, 1.165) is 16.7 Å². The molecular weight excluding hydrogens is 531 g/mol. The second-order valence-electron chi connectivity index (χ2n) is 7.68. The summed E-state index contributed by atoms with van der Waals surface area (Å²) in [5.41, 5.74) is -0.369. The number of hydrogen-bond acceptors (Lipinski definition) is 7. The Kier molecular flexibility index (Phi) is 8.24. The van der Waals surface area contributed by atoms with Gasteiger partial charge in [0.1, 0.15) is 18.2 Å². The summed E-state index contributed by atoms with van der Waals surface area (Å²) in [4.78, 5) is 16.3. The molecule has 1 atom stereocenters. The molecule has 0 aliphatic heterocycles. The number of aromatic hydroxyl groups is 1. The molecule has 0 radical (unpaired) electrons. The predicted octanol–water partition coefficient (Wildman–Crippen LogP) is 3.84. The average Bonchev–Trinajstić information content (AvgIpc) is 2.78. The number of aromatic nitrogens is 2. The molecule has 3 rings (SSSR count). The van der Waals surface area contributed by atoms with Gasteiger partial charge in [0, 0.05) is 7.11 Å². The van der Waals surface area contributed by atoms with Crippen LogP contribution in [0.2, 0.25) is 0 Å². The normalized spacial score (nSPS) is 12.8. The minimum atomic E-state index is -4.63. The highest BCUT2D eigenvalue weighted by atomic mass is 79.9. The summed E-state index contributed by atoms with van der Waals surface area (Å²) in [7, 11) is -3.18. The monoisotopic (exact) mass is 554 g/mol. The highest BCUT2D eigenvalue weighted by Crippen LogP contribution is 2.29. The van der Waals surface area contributed by atoms with Crippen molar-refractivity contribution in [2.75, 3.05) is 13.7 Å². The third-order valence-corrected chi connectivity index (χ3v) is 7.38. The van der Waals surface area contributed by atoms with Gasteiger partial charge >= 0.3 is 0 Å². The van der Waals surface area contributed by atoms with E-state index in [9.17, 15) is 22.7 Å². The molecule has 1 heterocycles. The zero-order valence-electron chi connectivity index (χ0n) is 18.7. The standard InChI is InChI=1S/C23H24BrFN2O6S/c1-14(2)33-13-20-26-22(28)21(34(30,31)16-9-10-17(24)18(25)11-16)23(29)27(20)19(12-32-3)15-7-5-4-6-8-15/h4-11,14,19,28H,12-13H2,1-3H3/t19-/m0/s1. The van der Waals surface area contributed by atoms with E-state index >= 15 is 0 Å². The van der Waals surface area contributed by atoms with E-state index in [4.69, 9.17) is 9.47 Å². The van der Waals surface area contributed by atoms with Gasteiger partial charge in [0.15, 0.2) is 4.90 Å². The Labute approximate surface area is 205 Å². The van der Waals surface area contributed by atoms with Crippen LogP contribution < -0.4 is 5.56 Å². The van der Waals surface area contributed by atoms with Gasteiger partial charge in [-0.25, -0.2) is 12.8 Å². The lowest BCUT2D eigenvalue weighted by atomic mass is 10.1. The van der Waals surface area contributed by atoms with Crippen molar-refractivity contribution in [2.45, 2.75) is 42.4 Å². The van der Waals surface area contributed by atoms with Crippen molar-refractivity contribution in [3.05, 3.63) is 80.6 Å². The van der Waals surface area contributed by atoms with Gasteiger partial charge in [0.05, 0.1) is 28.1 Å². The van der Waals surface area contributed by atoms with Gasteiger partial charge in [0.2, 0.25) is 15.7 Å². The Morgan fingerprint density at radius 2 is 1.85 bits per heavy atom. The molecule has 1 N–H and O–H groups in total. The quantitative estimate of drug-likeness (QED) is 0.428. The molecule has 0 aliphatic carbocycles. The predicted molar refractivity (Wildman–Crippen MR) is 126 cm³/mol. The first kappa shape index (κ1) is 26.0. The lowest BCUT2D eigenvalue weighted by molar-refractivity contribution is 0.0557. The molecule has 0 unspecified atom stereocenters. The summed E-state index contributed by atoms with van der Waals surface area (Å²) >= 11 is 2.97. The first-order chi connectivity index (χ1) is 16.1. The number of halogens is 2. The van der Waals surface area contributed by atoms with Crippen molar-refractivity contribution in [2.24, 2.45) is 0 Å². The number of ether oxygens (including phenoxy) is 2. The van der Waals surface area contributed by atoms with Crippen LogP contribution in [0.5, 0.6) is 5.88 Å². The van der Waals surface area contributed by atoms with Crippen molar-refractivity contribution in [1.82, 2.24) is 9.55 Å². The summed E-state index contributed by atoms with van der Waals surface area (Å²) in [5, 5.41) is 10.6. The fourth-order valence-electron chi connectivity index (χ4n) is 3.36. The molecule has 0 bridgehead atoms. The average molecular weight is 555 g/mol. The van der Waals surface area contributed by atoms with E-state index in [1.807, 2.05) is 0 Å². The van der Waals surface area contributed by atoms with Gasteiger partial charge in [-0.2, -0.15) is 4.98 Å². The molecule has 2 aromatic carbocycles. The topological polar surface area (TPSA) is 108 Å². The van der Waals surface area contributed by atoms with Gasteiger partial charge in [0.25, 0.3) is 5.56 Å². The molecule has 34 heavy (non-hydrogen) atoms. The third kappa shape index (κ3) is 5.38. The molecule has 0 spiro atoms. The molecule has 0 saturated carbocycles. The fraction of sp³-hybridized carbons (Fsp3) is 0.304. The Morgan fingerprint density at radius 3 is 2.44 bits per heavy atom. The number of methoxy groups -OCH3 is 1. The van der Waals surface area contributed by atoms with Crippen molar-refractivity contribution >= 4 is 25.8 Å². The van der Waals surface area contributed by atoms with Crippen molar-refractivity contribution in [3.8, 4) is 5.88 Å². The number of rotatable bonds is 9.